The molecule has 0 fully saturated rings. The molecule has 3 radical (unpaired) electrons. The Hall–Kier alpha value is -1.54. The van der Waals surface area contributed by atoms with Crippen molar-refractivity contribution in [2.24, 2.45) is 0 Å². The molecule has 105 valence electrons. The first-order valence-electron chi connectivity index (χ1n) is 6.97. The monoisotopic (exact) mass is 315 g/mol. The second kappa shape index (κ2) is 7.15. The van der Waals surface area contributed by atoms with Crippen LogP contribution in [0.4, 0.5) is 0 Å². The van der Waals surface area contributed by atoms with Crippen molar-refractivity contribution >= 4 is 0 Å². The summed E-state index contributed by atoms with van der Waals surface area (Å²) in [6, 6.07) is 27.5. The fraction of sp³-hybridized carbons (Fsp3) is 0.100. The van der Waals surface area contributed by atoms with Crippen molar-refractivity contribution < 1.29 is 25.8 Å². The van der Waals surface area contributed by atoms with Crippen LogP contribution in [0.3, 0.4) is 0 Å². The number of aromatic nitrogens is 1. The summed E-state index contributed by atoms with van der Waals surface area (Å²) in [6.07, 6.45) is 0. The summed E-state index contributed by atoms with van der Waals surface area (Å²) in [5.74, 6) is 0. The summed E-state index contributed by atoms with van der Waals surface area (Å²) in [5.41, 5.74) is 3.33. The van der Waals surface area contributed by atoms with Crippen LogP contribution in [0.5, 0.6) is 0 Å². The van der Waals surface area contributed by atoms with Crippen LogP contribution < -0.4 is 0 Å². The molecule has 0 saturated carbocycles. The normalized spacial score (nSPS) is 13.0. The molecule has 1 heterocycles. The van der Waals surface area contributed by atoms with Crippen LogP contribution in [0.2, 0.25) is 0 Å². The number of hydrogen-bond donors (Lipinski definition) is 0. The molecule has 0 aliphatic rings. The summed E-state index contributed by atoms with van der Waals surface area (Å²) in [4.78, 5) is 4.56. The van der Waals surface area contributed by atoms with Gasteiger partial charge in [0.05, 0.1) is 5.69 Å². The van der Waals surface area contributed by atoms with E-state index in [1.807, 2.05) is 54.6 Å². The van der Waals surface area contributed by atoms with E-state index in [9.17, 15) is 0 Å². The van der Waals surface area contributed by atoms with Crippen LogP contribution in [0.15, 0.2) is 72.8 Å². The third kappa shape index (κ3) is 3.12. The molecule has 3 rings (SSSR count). The van der Waals surface area contributed by atoms with E-state index in [-0.39, 0.29) is 31.3 Å². The zero-order valence-corrected chi connectivity index (χ0v) is 14.3. The van der Waals surface area contributed by atoms with Crippen molar-refractivity contribution in [2.75, 3.05) is 0 Å². The Morgan fingerprint density at radius 2 is 1.64 bits per heavy atom. The second-order valence-corrected chi connectivity index (χ2v) is 5.21. The van der Waals surface area contributed by atoms with Gasteiger partial charge in [-0.05, 0) is 24.6 Å². The van der Waals surface area contributed by atoms with Gasteiger partial charge in [-0.25, -0.2) is 0 Å². The topological polar surface area (TPSA) is 12.9 Å². The van der Waals surface area contributed by atoms with E-state index in [1.54, 1.807) is 0 Å². The fourth-order valence-corrected chi connectivity index (χ4v) is 2.65. The van der Waals surface area contributed by atoms with Gasteiger partial charge in [0, 0.05) is 43.9 Å². The Bertz CT molecular complexity index is 683. The van der Waals surface area contributed by atoms with Crippen molar-refractivity contribution in [1.29, 1.82) is 0 Å². The van der Waals surface area contributed by atoms with Gasteiger partial charge in [0.1, 0.15) is 0 Å². The molecule has 0 bridgehead atoms. The van der Waals surface area contributed by atoms with E-state index in [0.717, 1.165) is 11.3 Å². The molecule has 0 amide bonds. The first-order chi connectivity index (χ1) is 10.2. The molecule has 0 aliphatic heterocycles. The molecule has 0 aliphatic carbocycles. The number of nitrogens with zero attached hydrogens (tertiary/aromatic N) is 1. The van der Waals surface area contributed by atoms with Crippen molar-refractivity contribution in [3.8, 4) is 0 Å². The number of rotatable bonds is 3. The molecule has 1 aromatic heterocycles. The van der Waals surface area contributed by atoms with E-state index in [4.69, 9.17) is 6.92 Å². The van der Waals surface area contributed by atoms with Gasteiger partial charge >= 0.3 is 0 Å². The van der Waals surface area contributed by atoms with Crippen LogP contribution in [-0.4, -0.2) is 4.98 Å². The predicted molar refractivity (Wildman–Crippen MR) is 84.9 cm³/mol. The number of hydrogen-bond acceptors (Lipinski definition) is 1. The van der Waals surface area contributed by atoms with Crippen molar-refractivity contribution in [2.45, 2.75) is 12.3 Å². The molecular weight excluding hydrogens is 299 g/mol. The Labute approximate surface area is 151 Å². The van der Waals surface area contributed by atoms with Gasteiger partial charge in [-0.1, -0.05) is 36.4 Å². The standard InChI is InChI=1S/C20H16N.Sc/c1-16-10-9-15-19(21-16)20(2,17-11-5-3-6-12-17)18-13-7-4-8-14-18;/h1,3-13,15H,2H3;/q-1;. The molecule has 1 unspecified atom stereocenters. The zero-order chi connectivity index (χ0) is 14.7. The minimum Gasteiger partial charge on any atom is -0.256 e. The summed E-state index contributed by atoms with van der Waals surface area (Å²) < 4.78 is 0. The van der Waals surface area contributed by atoms with Gasteiger partial charge in [0.25, 0.3) is 0 Å². The Kier molecular flexibility index (Phi) is 5.47. The maximum Gasteiger partial charge on any atom is 0.0533 e. The molecule has 2 aromatic carbocycles. The molecule has 2 heteroatoms. The second-order valence-electron chi connectivity index (χ2n) is 5.21. The van der Waals surface area contributed by atoms with Gasteiger partial charge in [-0.15, -0.1) is 5.56 Å². The quantitative estimate of drug-likeness (QED) is 0.657. The molecule has 1 atom stereocenters. The minimum absolute atomic E-state index is 0. The average molecular weight is 315 g/mol. The molecule has 0 N–H and O–H groups in total. The van der Waals surface area contributed by atoms with Crippen molar-refractivity contribution in [1.82, 2.24) is 4.98 Å². The van der Waals surface area contributed by atoms with Gasteiger partial charge in [-0.2, -0.15) is 30.3 Å². The molecule has 3 aromatic rings. The summed E-state index contributed by atoms with van der Waals surface area (Å²) in [5, 5.41) is 0. The van der Waals surface area contributed by atoms with E-state index in [2.05, 4.69) is 36.2 Å². The van der Waals surface area contributed by atoms with Crippen LogP contribution in [0.1, 0.15) is 29.4 Å². The van der Waals surface area contributed by atoms with E-state index in [0.29, 0.717) is 5.69 Å². The summed E-state index contributed by atoms with van der Waals surface area (Å²) in [6.45, 7) is 8.05. The summed E-state index contributed by atoms with van der Waals surface area (Å²) in [7, 11) is 0. The zero-order valence-electron chi connectivity index (χ0n) is 12.5. The molecule has 0 spiro atoms. The summed E-state index contributed by atoms with van der Waals surface area (Å²) >= 11 is 0. The van der Waals surface area contributed by atoms with E-state index < -0.39 is 0 Å². The molecule has 22 heavy (non-hydrogen) atoms. The van der Waals surface area contributed by atoms with Crippen molar-refractivity contribution in [3.05, 3.63) is 108 Å². The molecular formula is C20H16NSc-. The minimum atomic E-state index is -0.377. The maximum atomic E-state index is 5.89. The van der Waals surface area contributed by atoms with E-state index >= 15 is 0 Å². The largest absolute Gasteiger partial charge is 0.256 e. The first-order valence-corrected chi connectivity index (χ1v) is 6.97. The number of benzene rings is 2. The third-order valence-electron chi connectivity index (χ3n) is 3.88. The smallest absolute Gasteiger partial charge is 0.0533 e. The van der Waals surface area contributed by atoms with Gasteiger partial charge in [0.2, 0.25) is 0 Å². The Morgan fingerprint density at radius 1 is 0.909 bits per heavy atom. The maximum absolute atomic E-state index is 5.89. The SMILES string of the molecule is [CH]c1cccc(C(C)(c2[c-]cccc2)c2ccccc2)n1.[Sc]. The van der Waals surface area contributed by atoms with E-state index in [1.165, 1.54) is 5.56 Å². The first kappa shape index (κ1) is 16.8. The van der Waals surface area contributed by atoms with Gasteiger partial charge in [0.15, 0.2) is 0 Å². The predicted octanol–water partition coefficient (Wildman–Crippen LogP) is 4.29. The van der Waals surface area contributed by atoms with Crippen LogP contribution in [-0.2, 0) is 31.3 Å². The van der Waals surface area contributed by atoms with Crippen LogP contribution in [0.25, 0.3) is 0 Å². The van der Waals surface area contributed by atoms with Gasteiger partial charge in [-0.3, -0.25) is 4.98 Å². The van der Waals surface area contributed by atoms with Crippen LogP contribution in [0, 0.1) is 13.0 Å². The fourth-order valence-electron chi connectivity index (χ4n) is 2.65. The van der Waals surface area contributed by atoms with Gasteiger partial charge < -0.3 is 0 Å². The molecule has 1 nitrogen and oxygen atoms in total. The Morgan fingerprint density at radius 3 is 2.27 bits per heavy atom. The average Bonchev–Trinajstić information content (AvgIpc) is 2.56. The molecule has 0 saturated heterocycles. The Balaban J connectivity index is 0.00000176. The van der Waals surface area contributed by atoms with Crippen molar-refractivity contribution in [3.63, 3.8) is 0 Å². The van der Waals surface area contributed by atoms with Crippen LogP contribution >= 0.6 is 0 Å². The third-order valence-corrected chi connectivity index (χ3v) is 3.88. The number of pyridine rings is 1.